The first-order valence-electron chi connectivity index (χ1n) is 7.41. The number of nitriles is 1. The van der Waals surface area contributed by atoms with Crippen molar-refractivity contribution in [3.8, 4) is 11.8 Å². The van der Waals surface area contributed by atoms with Gasteiger partial charge in [-0.3, -0.25) is 0 Å². The monoisotopic (exact) mass is 383 g/mol. The van der Waals surface area contributed by atoms with Crippen LogP contribution in [-0.2, 0) is 11.3 Å². The third-order valence-electron chi connectivity index (χ3n) is 3.41. The number of hydrogen-bond acceptors (Lipinski definition) is 4. The normalized spacial score (nSPS) is 12.2. The molecule has 0 aromatic heterocycles. The molecule has 0 aliphatic carbocycles. The van der Waals surface area contributed by atoms with E-state index in [1.807, 2.05) is 0 Å². The van der Waals surface area contributed by atoms with Gasteiger partial charge >= 0.3 is 12.1 Å². The van der Waals surface area contributed by atoms with E-state index in [1.54, 1.807) is 36.4 Å². The van der Waals surface area contributed by atoms with Crippen LogP contribution in [0, 0.1) is 11.3 Å². The van der Waals surface area contributed by atoms with Gasteiger partial charge in [-0.15, -0.1) is 0 Å². The van der Waals surface area contributed by atoms with Crippen LogP contribution in [0.3, 0.4) is 0 Å². The van der Waals surface area contributed by atoms with Gasteiger partial charge in [0.25, 0.3) is 0 Å². The van der Waals surface area contributed by atoms with Crippen LogP contribution in [-0.4, -0.2) is 18.2 Å². The van der Waals surface area contributed by atoms with Gasteiger partial charge in [-0.2, -0.15) is 18.4 Å². The molecule has 0 N–H and O–H groups in total. The van der Waals surface area contributed by atoms with Crippen LogP contribution in [0.25, 0.3) is 0 Å². The van der Waals surface area contributed by atoms with Gasteiger partial charge in [-0.05, 0) is 24.6 Å². The van der Waals surface area contributed by atoms with E-state index < -0.39 is 29.6 Å². The van der Waals surface area contributed by atoms with Gasteiger partial charge in [0, 0.05) is 0 Å². The van der Waals surface area contributed by atoms with Gasteiger partial charge in [0.15, 0.2) is 6.10 Å². The zero-order chi connectivity index (χ0) is 19.3. The fourth-order valence-corrected chi connectivity index (χ4v) is 2.26. The molecule has 0 unspecified atom stereocenters. The number of nitrogens with zero attached hydrogens (tertiary/aromatic N) is 1. The highest BCUT2D eigenvalue weighted by atomic mass is 35.5. The summed E-state index contributed by atoms with van der Waals surface area (Å²) in [6, 6.07) is 12.7. The highest BCUT2D eigenvalue weighted by Crippen LogP contribution is 2.33. The lowest BCUT2D eigenvalue weighted by atomic mass is 10.1. The first-order chi connectivity index (χ1) is 12.2. The molecule has 0 saturated heterocycles. The second-order valence-corrected chi connectivity index (χ2v) is 5.65. The Labute approximate surface area is 152 Å². The zero-order valence-electron chi connectivity index (χ0n) is 13.5. The van der Waals surface area contributed by atoms with Crippen molar-refractivity contribution in [3.05, 3.63) is 64.2 Å². The first kappa shape index (κ1) is 19.6. The summed E-state index contributed by atoms with van der Waals surface area (Å²) in [5.41, 5.74) is 0.183. The quantitative estimate of drug-likeness (QED) is 0.689. The smallest absolute Gasteiger partial charge is 0.425 e. The lowest BCUT2D eigenvalue weighted by Gasteiger charge is -2.20. The van der Waals surface area contributed by atoms with Crippen LogP contribution in [0.5, 0.6) is 5.75 Å². The van der Waals surface area contributed by atoms with Crippen molar-refractivity contribution < 1.29 is 27.4 Å². The van der Waals surface area contributed by atoms with Crippen molar-refractivity contribution >= 4 is 17.6 Å². The molecule has 136 valence electrons. The molecule has 0 aliphatic heterocycles. The molecule has 2 aromatic rings. The summed E-state index contributed by atoms with van der Waals surface area (Å²) in [6.07, 6.45) is -6.81. The van der Waals surface area contributed by atoms with E-state index in [1.165, 1.54) is 6.07 Å². The van der Waals surface area contributed by atoms with Crippen molar-refractivity contribution in [2.45, 2.75) is 25.8 Å². The van der Waals surface area contributed by atoms with Crippen LogP contribution < -0.4 is 4.74 Å². The molecule has 4 nitrogen and oxygen atoms in total. The molecule has 8 heteroatoms. The van der Waals surface area contributed by atoms with E-state index in [0.29, 0.717) is 5.56 Å². The molecule has 0 radical (unpaired) electrons. The van der Waals surface area contributed by atoms with Crippen molar-refractivity contribution in [2.24, 2.45) is 0 Å². The Morgan fingerprint density at radius 2 is 1.88 bits per heavy atom. The predicted octanol–water partition coefficient (Wildman–Crippen LogP) is 4.90. The van der Waals surface area contributed by atoms with Crippen molar-refractivity contribution in [1.29, 1.82) is 5.26 Å². The number of esters is 1. The molecule has 2 aromatic carbocycles. The van der Waals surface area contributed by atoms with Crippen molar-refractivity contribution in [2.75, 3.05) is 0 Å². The lowest BCUT2D eigenvalue weighted by Crippen LogP contribution is -2.31. The average molecular weight is 384 g/mol. The fourth-order valence-electron chi connectivity index (χ4n) is 1.99. The number of rotatable bonds is 5. The van der Waals surface area contributed by atoms with Crippen molar-refractivity contribution in [3.63, 3.8) is 0 Å². The molecule has 0 bridgehead atoms. The van der Waals surface area contributed by atoms with Gasteiger partial charge in [0.1, 0.15) is 24.0 Å². The SMILES string of the molecule is C[C@@H](Oc1ccc(C#N)c(Cl)c1C(=O)OCc1ccccc1)C(F)(F)F. The topological polar surface area (TPSA) is 59.3 Å². The molecule has 2 rings (SSSR count). The Morgan fingerprint density at radius 1 is 1.23 bits per heavy atom. The summed E-state index contributed by atoms with van der Waals surface area (Å²) in [5, 5.41) is 8.71. The summed E-state index contributed by atoms with van der Waals surface area (Å²) in [6.45, 7) is 0.687. The molecule has 1 atom stereocenters. The van der Waals surface area contributed by atoms with Crippen LogP contribution >= 0.6 is 11.6 Å². The Balaban J connectivity index is 2.31. The number of carbonyl (C=O) groups excluding carboxylic acids is 1. The highest BCUT2D eigenvalue weighted by Gasteiger charge is 2.39. The van der Waals surface area contributed by atoms with E-state index >= 15 is 0 Å². The predicted molar refractivity (Wildman–Crippen MR) is 87.9 cm³/mol. The van der Waals surface area contributed by atoms with E-state index in [4.69, 9.17) is 26.3 Å². The maximum absolute atomic E-state index is 12.8. The number of halogens is 4. The number of alkyl halides is 3. The van der Waals surface area contributed by atoms with Gasteiger partial charge in [-0.1, -0.05) is 41.9 Å². The Morgan fingerprint density at radius 3 is 2.46 bits per heavy atom. The van der Waals surface area contributed by atoms with Crippen LogP contribution in [0.2, 0.25) is 5.02 Å². The second-order valence-electron chi connectivity index (χ2n) is 5.28. The molecule has 0 fully saturated rings. The van der Waals surface area contributed by atoms with Crippen LogP contribution in [0.4, 0.5) is 13.2 Å². The van der Waals surface area contributed by atoms with E-state index in [-0.39, 0.29) is 17.2 Å². The first-order valence-corrected chi connectivity index (χ1v) is 7.79. The Bertz CT molecular complexity index is 832. The van der Waals surface area contributed by atoms with Gasteiger partial charge < -0.3 is 9.47 Å². The van der Waals surface area contributed by atoms with E-state index in [0.717, 1.165) is 13.0 Å². The summed E-state index contributed by atoms with van der Waals surface area (Å²) in [4.78, 5) is 12.4. The Hall–Kier alpha value is -2.72. The number of benzene rings is 2. The summed E-state index contributed by atoms with van der Waals surface area (Å²) >= 11 is 6.00. The van der Waals surface area contributed by atoms with Crippen molar-refractivity contribution in [1.82, 2.24) is 0 Å². The van der Waals surface area contributed by atoms with Gasteiger partial charge in [0.2, 0.25) is 0 Å². The molecular weight excluding hydrogens is 371 g/mol. The number of hydrogen-bond donors (Lipinski definition) is 0. The third-order valence-corrected chi connectivity index (χ3v) is 3.80. The maximum atomic E-state index is 12.8. The zero-order valence-corrected chi connectivity index (χ0v) is 14.3. The van der Waals surface area contributed by atoms with Gasteiger partial charge in [-0.25, -0.2) is 4.79 Å². The summed E-state index contributed by atoms with van der Waals surface area (Å²) in [7, 11) is 0. The lowest BCUT2D eigenvalue weighted by molar-refractivity contribution is -0.189. The molecular formula is C18H13ClF3NO3. The standard InChI is InChI=1S/C18H13ClF3NO3/c1-11(18(20,21)22)26-14-8-7-13(9-23)16(19)15(14)17(24)25-10-12-5-3-2-4-6-12/h2-8,11H,10H2,1H3/t11-/m1/s1. The van der Waals surface area contributed by atoms with E-state index in [9.17, 15) is 18.0 Å². The molecule has 0 amide bonds. The molecule has 0 aliphatic rings. The van der Waals surface area contributed by atoms with E-state index in [2.05, 4.69) is 0 Å². The molecule has 0 spiro atoms. The second kappa shape index (κ2) is 8.11. The molecule has 26 heavy (non-hydrogen) atoms. The number of carbonyl (C=O) groups is 1. The molecule has 0 saturated carbocycles. The highest BCUT2D eigenvalue weighted by molar-refractivity contribution is 6.35. The minimum absolute atomic E-state index is 0.0784. The average Bonchev–Trinajstić information content (AvgIpc) is 2.60. The minimum atomic E-state index is -4.63. The van der Waals surface area contributed by atoms with Gasteiger partial charge in [0.05, 0.1) is 10.6 Å². The largest absolute Gasteiger partial charge is 0.480 e. The molecule has 0 heterocycles. The summed E-state index contributed by atoms with van der Waals surface area (Å²) in [5.74, 6) is -1.39. The fraction of sp³-hybridized carbons (Fsp3) is 0.222. The Kier molecular flexibility index (Phi) is 6.11. The third kappa shape index (κ3) is 4.67. The van der Waals surface area contributed by atoms with Crippen LogP contribution in [0.15, 0.2) is 42.5 Å². The maximum Gasteiger partial charge on any atom is 0.425 e. The number of ether oxygens (including phenoxy) is 2. The minimum Gasteiger partial charge on any atom is -0.480 e. The summed E-state index contributed by atoms with van der Waals surface area (Å²) < 4.78 is 48.2. The van der Waals surface area contributed by atoms with Crippen LogP contribution in [0.1, 0.15) is 28.4 Å².